The Kier molecular flexibility index (Phi) is 4.17. The number of amides is 1. The van der Waals surface area contributed by atoms with Crippen molar-refractivity contribution in [2.24, 2.45) is 5.73 Å². The van der Waals surface area contributed by atoms with Crippen LogP contribution in [0.5, 0.6) is 0 Å². The van der Waals surface area contributed by atoms with Crippen LogP contribution in [0.4, 0.5) is 14.5 Å². The maximum Gasteiger partial charge on any atom is 0.275 e. The first-order chi connectivity index (χ1) is 9.08. The maximum absolute atomic E-state index is 12.1. The molecule has 3 N–H and O–H groups in total. The van der Waals surface area contributed by atoms with Gasteiger partial charge in [0.15, 0.2) is 0 Å². The summed E-state index contributed by atoms with van der Waals surface area (Å²) in [5, 5.41) is 8.47. The van der Waals surface area contributed by atoms with Crippen LogP contribution in [0.15, 0.2) is 17.8 Å². The molecule has 1 amide bonds. The molecule has 2 heterocycles. The number of nitrogens with one attached hydrogen (secondary N) is 1. The summed E-state index contributed by atoms with van der Waals surface area (Å²) in [4.78, 5) is 15.8. The Hall–Kier alpha value is -1.87. The van der Waals surface area contributed by atoms with Crippen LogP contribution in [0.1, 0.15) is 15.5 Å². The van der Waals surface area contributed by atoms with E-state index in [9.17, 15) is 13.6 Å². The number of aromatic nitrogens is 3. The van der Waals surface area contributed by atoms with Crippen LogP contribution in [-0.4, -0.2) is 27.1 Å². The average Bonchev–Trinajstić information content (AvgIpc) is 2.97. The van der Waals surface area contributed by atoms with Crippen molar-refractivity contribution in [3.8, 4) is 0 Å². The van der Waals surface area contributed by atoms with Crippen molar-refractivity contribution in [1.82, 2.24) is 14.8 Å². The Labute approximate surface area is 111 Å². The van der Waals surface area contributed by atoms with Crippen LogP contribution in [0, 0.1) is 0 Å². The lowest BCUT2D eigenvalue weighted by molar-refractivity contribution is 0.102. The summed E-state index contributed by atoms with van der Waals surface area (Å²) in [6.45, 7) is -0.242. The molecule has 0 aromatic carbocycles. The number of nitrogens with zero attached hydrogens (tertiary/aromatic N) is 3. The molecule has 0 aliphatic carbocycles. The van der Waals surface area contributed by atoms with Crippen molar-refractivity contribution in [3.05, 3.63) is 28.5 Å². The lowest BCUT2D eigenvalue weighted by Crippen LogP contribution is -2.12. The van der Waals surface area contributed by atoms with Gasteiger partial charge in [-0.25, -0.2) is 13.8 Å². The number of rotatable bonds is 5. The monoisotopic (exact) mass is 287 g/mol. The van der Waals surface area contributed by atoms with Gasteiger partial charge in [-0.05, 0) is 0 Å². The normalized spacial score (nSPS) is 10.9. The highest BCUT2D eigenvalue weighted by atomic mass is 32.1. The van der Waals surface area contributed by atoms with Crippen molar-refractivity contribution in [2.45, 2.75) is 19.5 Å². The zero-order chi connectivity index (χ0) is 13.8. The smallest absolute Gasteiger partial charge is 0.275 e. The maximum atomic E-state index is 12.1. The number of hydrogen-bond acceptors (Lipinski definition) is 5. The van der Waals surface area contributed by atoms with E-state index >= 15 is 0 Å². The second-order valence-electron chi connectivity index (χ2n) is 3.63. The Morgan fingerprint density at radius 1 is 1.58 bits per heavy atom. The van der Waals surface area contributed by atoms with Crippen molar-refractivity contribution < 1.29 is 13.6 Å². The predicted molar refractivity (Wildman–Crippen MR) is 66.2 cm³/mol. The van der Waals surface area contributed by atoms with Gasteiger partial charge in [0.2, 0.25) is 0 Å². The standard InChI is InChI=1S/C10H11F2N5OS/c11-8(12)4-17-3-6(2-14-17)15-10(18)7-5-19-9(1-13)16-7/h2-3,5,8H,1,4,13H2,(H,15,18). The van der Waals surface area contributed by atoms with Crippen molar-refractivity contribution >= 4 is 22.9 Å². The Morgan fingerprint density at radius 3 is 3.00 bits per heavy atom. The number of carbonyl (C=O) groups is 1. The summed E-state index contributed by atoms with van der Waals surface area (Å²) in [7, 11) is 0. The molecule has 9 heteroatoms. The number of thiazole rings is 1. The van der Waals surface area contributed by atoms with E-state index in [0.717, 1.165) is 4.68 Å². The minimum Gasteiger partial charge on any atom is -0.325 e. The molecule has 2 aromatic heterocycles. The number of alkyl halides is 2. The largest absolute Gasteiger partial charge is 0.325 e. The van der Waals surface area contributed by atoms with E-state index in [2.05, 4.69) is 15.4 Å². The minimum atomic E-state index is -2.49. The van der Waals surface area contributed by atoms with E-state index in [1.54, 1.807) is 5.38 Å². The fourth-order valence-electron chi connectivity index (χ4n) is 1.37. The number of halogens is 2. The fraction of sp³-hybridized carbons (Fsp3) is 0.300. The molecule has 2 aromatic rings. The highest BCUT2D eigenvalue weighted by Crippen LogP contribution is 2.12. The molecule has 0 saturated heterocycles. The van der Waals surface area contributed by atoms with Crippen LogP contribution < -0.4 is 11.1 Å². The number of hydrogen-bond donors (Lipinski definition) is 2. The summed E-state index contributed by atoms with van der Waals surface area (Å²) in [6, 6.07) is 0. The van der Waals surface area contributed by atoms with E-state index in [0.29, 0.717) is 10.7 Å². The van der Waals surface area contributed by atoms with Gasteiger partial charge in [-0.2, -0.15) is 5.10 Å². The summed E-state index contributed by atoms with van der Waals surface area (Å²) in [6.07, 6.45) is 0.144. The molecule has 0 bridgehead atoms. The second-order valence-corrected chi connectivity index (χ2v) is 4.57. The molecular weight excluding hydrogens is 276 g/mol. The molecule has 0 aliphatic heterocycles. The third kappa shape index (κ3) is 3.55. The molecular formula is C10H11F2N5OS. The molecule has 0 fully saturated rings. The van der Waals surface area contributed by atoms with Crippen LogP contribution in [0.3, 0.4) is 0 Å². The molecule has 6 nitrogen and oxygen atoms in total. The first-order valence-electron chi connectivity index (χ1n) is 5.35. The van der Waals surface area contributed by atoms with Gasteiger partial charge in [0.05, 0.1) is 11.9 Å². The van der Waals surface area contributed by atoms with Crippen LogP contribution >= 0.6 is 11.3 Å². The van der Waals surface area contributed by atoms with Crippen molar-refractivity contribution in [1.29, 1.82) is 0 Å². The first kappa shape index (κ1) is 13.6. The summed E-state index contributed by atoms with van der Waals surface area (Å²) in [5.41, 5.74) is 5.98. The Balaban J connectivity index is 2.00. The van der Waals surface area contributed by atoms with E-state index in [1.165, 1.54) is 23.7 Å². The van der Waals surface area contributed by atoms with Gasteiger partial charge in [-0.3, -0.25) is 9.48 Å². The second kappa shape index (κ2) is 5.85. The van der Waals surface area contributed by atoms with E-state index in [-0.39, 0.29) is 12.2 Å². The van der Waals surface area contributed by atoms with Gasteiger partial charge in [0.1, 0.15) is 17.2 Å². The molecule has 0 aliphatic rings. The van der Waals surface area contributed by atoms with Crippen LogP contribution in [0.25, 0.3) is 0 Å². The van der Waals surface area contributed by atoms with Gasteiger partial charge < -0.3 is 11.1 Å². The van der Waals surface area contributed by atoms with E-state index < -0.39 is 18.9 Å². The molecule has 2 rings (SSSR count). The van der Waals surface area contributed by atoms with Gasteiger partial charge in [-0.1, -0.05) is 0 Å². The molecule has 0 saturated carbocycles. The summed E-state index contributed by atoms with van der Waals surface area (Å²) >= 11 is 1.29. The molecule has 0 radical (unpaired) electrons. The quantitative estimate of drug-likeness (QED) is 0.868. The lowest BCUT2D eigenvalue weighted by atomic mass is 10.4. The third-order valence-electron chi connectivity index (χ3n) is 2.18. The van der Waals surface area contributed by atoms with Gasteiger partial charge >= 0.3 is 0 Å². The van der Waals surface area contributed by atoms with Gasteiger partial charge in [-0.15, -0.1) is 11.3 Å². The SMILES string of the molecule is NCc1nc(C(=O)Nc2cnn(CC(F)F)c2)cs1. The number of nitrogens with two attached hydrogens (primary N) is 1. The van der Waals surface area contributed by atoms with E-state index in [1.807, 2.05) is 0 Å². The molecule has 0 atom stereocenters. The third-order valence-corrected chi connectivity index (χ3v) is 3.05. The predicted octanol–water partition coefficient (Wildman–Crippen LogP) is 1.32. The van der Waals surface area contributed by atoms with Crippen LogP contribution in [0.2, 0.25) is 0 Å². The number of carbonyl (C=O) groups excluding carboxylic acids is 1. The van der Waals surface area contributed by atoms with Crippen LogP contribution in [-0.2, 0) is 13.1 Å². The van der Waals surface area contributed by atoms with Crippen molar-refractivity contribution in [3.63, 3.8) is 0 Å². The topological polar surface area (TPSA) is 85.8 Å². The van der Waals surface area contributed by atoms with Gasteiger partial charge in [0.25, 0.3) is 12.3 Å². The highest BCUT2D eigenvalue weighted by Gasteiger charge is 2.12. The molecule has 19 heavy (non-hydrogen) atoms. The highest BCUT2D eigenvalue weighted by molar-refractivity contribution is 7.09. The number of anilines is 1. The molecule has 0 unspecified atom stereocenters. The zero-order valence-electron chi connectivity index (χ0n) is 9.72. The summed E-state index contributed by atoms with van der Waals surface area (Å²) in [5.74, 6) is -0.424. The average molecular weight is 287 g/mol. The van der Waals surface area contributed by atoms with Gasteiger partial charge in [0, 0.05) is 18.1 Å². The summed E-state index contributed by atoms with van der Waals surface area (Å²) < 4.78 is 25.3. The molecule has 0 spiro atoms. The lowest BCUT2D eigenvalue weighted by Gasteiger charge is -1.99. The fourth-order valence-corrected chi connectivity index (χ4v) is 2.03. The Morgan fingerprint density at radius 2 is 2.37 bits per heavy atom. The minimum absolute atomic E-state index is 0.243. The van der Waals surface area contributed by atoms with E-state index in [4.69, 9.17) is 5.73 Å². The Bertz CT molecular complexity index is 568. The zero-order valence-corrected chi connectivity index (χ0v) is 10.5. The molecule has 102 valence electrons. The first-order valence-corrected chi connectivity index (χ1v) is 6.23. The van der Waals surface area contributed by atoms with Crippen molar-refractivity contribution in [2.75, 3.05) is 5.32 Å².